The van der Waals surface area contributed by atoms with Crippen LogP contribution in [0.25, 0.3) is 132 Å². The molecule has 6 heteroatoms. The van der Waals surface area contributed by atoms with Gasteiger partial charge in [-0.05, 0) is 198 Å². The average molecular weight is 1160 g/mol. The molecule has 0 aliphatic carbocycles. The van der Waals surface area contributed by atoms with E-state index in [0.29, 0.717) is 11.1 Å². The van der Waals surface area contributed by atoms with E-state index in [1.165, 1.54) is 87.6 Å². The molecule has 0 atom stereocenters. The predicted octanol–water partition coefficient (Wildman–Crippen LogP) is 21.9. The van der Waals surface area contributed by atoms with E-state index in [2.05, 4.69) is 318 Å². The van der Waals surface area contributed by atoms with Gasteiger partial charge in [-0.2, -0.15) is 10.5 Å². The van der Waals surface area contributed by atoms with Gasteiger partial charge in [0, 0.05) is 54.2 Å². The average Bonchev–Trinajstić information content (AvgIpc) is 1.55. The zero-order valence-corrected chi connectivity index (χ0v) is 52.5. The third-order valence-corrected chi connectivity index (χ3v) is 19.1. The Morgan fingerprint density at radius 3 is 0.811 bits per heavy atom. The highest BCUT2D eigenvalue weighted by atomic mass is 15.1. The van der Waals surface area contributed by atoms with Crippen molar-refractivity contribution in [2.75, 3.05) is 0 Å². The van der Waals surface area contributed by atoms with Crippen molar-refractivity contribution >= 4 is 87.2 Å². The highest BCUT2D eigenvalue weighted by molar-refractivity contribution is 6.16. The molecule has 16 aromatic rings. The van der Waals surface area contributed by atoms with Crippen molar-refractivity contribution in [2.45, 2.75) is 69.2 Å². The van der Waals surface area contributed by atoms with E-state index < -0.39 is 0 Å². The van der Waals surface area contributed by atoms with Crippen molar-refractivity contribution in [3.63, 3.8) is 0 Å². The first kappa shape index (κ1) is 55.4. The van der Waals surface area contributed by atoms with Gasteiger partial charge in [0.15, 0.2) is 0 Å². The molecule has 0 aliphatic rings. The van der Waals surface area contributed by atoms with Crippen molar-refractivity contribution in [1.29, 1.82) is 10.5 Å². The van der Waals surface area contributed by atoms with E-state index in [-0.39, 0.29) is 0 Å². The summed E-state index contributed by atoms with van der Waals surface area (Å²) in [6, 6.07) is 83.6. The van der Waals surface area contributed by atoms with Crippen molar-refractivity contribution < 1.29 is 0 Å². The zero-order chi connectivity index (χ0) is 62.0. The second-order valence-corrected chi connectivity index (χ2v) is 24.8. The largest absolute Gasteiger partial charge is 0.307 e. The molecule has 6 nitrogen and oxygen atoms in total. The maximum Gasteiger partial charge on any atom is 0.0998 e. The van der Waals surface area contributed by atoms with Crippen molar-refractivity contribution in [3.05, 3.63) is 285 Å². The van der Waals surface area contributed by atoms with Gasteiger partial charge >= 0.3 is 0 Å². The number of hydrogen-bond acceptors (Lipinski definition) is 2. The molecule has 0 aliphatic heterocycles. The van der Waals surface area contributed by atoms with Crippen LogP contribution in [-0.4, -0.2) is 18.3 Å². The quantitative estimate of drug-likeness (QED) is 0.166. The topological polar surface area (TPSA) is 67.3 Å². The number of benzene rings is 12. The van der Waals surface area contributed by atoms with Gasteiger partial charge in [-0.15, -0.1) is 0 Å². The maximum atomic E-state index is 10.7. The summed E-state index contributed by atoms with van der Waals surface area (Å²) in [4.78, 5) is 0. The highest BCUT2D eigenvalue weighted by Crippen LogP contribution is 2.46. The van der Waals surface area contributed by atoms with Gasteiger partial charge in [-0.3, -0.25) is 0 Å². The lowest BCUT2D eigenvalue weighted by Gasteiger charge is -2.20. The van der Waals surface area contributed by atoms with Gasteiger partial charge in [-0.1, -0.05) is 157 Å². The number of rotatable bonds is 6. The Morgan fingerprint density at radius 2 is 0.500 bits per heavy atom. The first-order chi connectivity index (χ1) is 43.7. The Balaban J connectivity index is 0.000000150. The lowest BCUT2D eigenvalue weighted by atomic mass is 9.94. The molecule has 0 saturated heterocycles. The molecule has 0 saturated carbocycles. The van der Waals surface area contributed by atoms with Gasteiger partial charge in [0.1, 0.15) is 0 Å². The summed E-state index contributed by atoms with van der Waals surface area (Å²) in [5.74, 6) is 0. The third-order valence-electron chi connectivity index (χ3n) is 19.1. The molecular weight excluding hydrogens is 1090 g/mol. The number of nitriles is 2. The Bertz CT molecular complexity index is 5700. The number of fused-ring (bicyclic) bond motifs is 12. The van der Waals surface area contributed by atoms with Crippen LogP contribution in [0.2, 0.25) is 0 Å². The summed E-state index contributed by atoms with van der Waals surface area (Å²) in [7, 11) is 0. The van der Waals surface area contributed by atoms with E-state index in [9.17, 15) is 10.5 Å². The third kappa shape index (κ3) is 8.43. The van der Waals surface area contributed by atoms with Gasteiger partial charge in [0.2, 0.25) is 0 Å². The highest BCUT2D eigenvalue weighted by Gasteiger charge is 2.27. The van der Waals surface area contributed by atoms with Crippen LogP contribution in [-0.2, 0) is 0 Å². The lowest BCUT2D eigenvalue weighted by molar-refractivity contribution is 1.09. The molecular formula is C84H66N6. The molecule has 0 fully saturated rings. The summed E-state index contributed by atoms with van der Waals surface area (Å²) < 4.78 is 9.57. The Labute approximate surface area is 524 Å². The molecule has 0 radical (unpaired) electrons. The second kappa shape index (κ2) is 21.3. The predicted molar refractivity (Wildman–Crippen MR) is 378 cm³/mol. The van der Waals surface area contributed by atoms with Crippen molar-refractivity contribution in [2.24, 2.45) is 0 Å². The minimum absolute atomic E-state index is 0.659. The SMILES string of the molecule is Cc1ccc(-c2cc(-n3c4cccc(C)c4c4c(C)cccc43)c(-n3c4cccc(C)c4c4c(C)cccc43)cc2C#N)c(C)c1.Cc1ccc(-c2cc(-n3c4ccccc4c4c(C)cccc43)c(-n3c4ccccc4c4c(C)cccc43)cc2C#N)c(C)c1. The maximum absolute atomic E-state index is 10.7. The fourth-order valence-corrected chi connectivity index (χ4v) is 15.1. The van der Waals surface area contributed by atoms with Crippen molar-refractivity contribution in [1.82, 2.24) is 18.3 Å². The minimum Gasteiger partial charge on any atom is -0.307 e. The van der Waals surface area contributed by atoms with Crippen LogP contribution < -0.4 is 0 Å². The Morgan fingerprint density at radius 1 is 0.233 bits per heavy atom. The van der Waals surface area contributed by atoms with E-state index in [4.69, 9.17) is 0 Å². The molecule has 0 spiro atoms. The zero-order valence-electron chi connectivity index (χ0n) is 52.5. The van der Waals surface area contributed by atoms with Crippen LogP contribution >= 0.6 is 0 Å². The lowest BCUT2D eigenvalue weighted by Crippen LogP contribution is -2.06. The van der Waals surface area contributed by atoms with E-state index in [1.54, 1.807) is 0 Å². The second-order valence-electron chi connectivity index (χ2n) is 24.8. The number of para-hydroxylation sites is 2. The minimum atomic E-state index is 0.659. The Kier molecular flexibility index (Phi) is 13.1. The number of aromatic nitrogens is 4. The van der Waals surface area contributed by atoms with Gasteiger partial charge in [-0.25, -0.2) is 0 Å². The molecule has 0 bridgehead atoms. The van der Waals surface area contributed by atoms with Crippen LogP contribution in [0.15, 0.2) is 218 Å². The van der Waals surface area contributed by atoms with Crippen LogP contribution in [0.3, 0.4) is 0 Å². The van der Waals surface area contributed by atoms with Crippen LogP contribution in [0.4, 0.5) is 0 Å². The molecule has 4 heterocycles. The fourth-order valence-electron chi connectivity index (χ4n) is 15.1. The molecule has 0 amide bonds. The first-order valence-corrected chi connectivity index (χ1v) is 31.0. The molecule has 0 N–H and O–H groups in total. The summed E-state index contributed by atoms with van der Waals surface area (Å²) in [5, 5.41) is 31.4. The van der Waals surface area contributed by atoms with Gasteiger partial charge in [0.05, 0.1) is 90.1 Å². The summed E-state index contributed by atoms with van der Waals surface area (Å²) >= 11 is 0. The standard InChI is InChI=1S/C43H35N3.C41H31N3/c1-25-19-20-32(30(6)21-25)33-23-39(46-36-17-9-13-28(4)42(36)43-29(5)14-10-18-37(43)46)38(22-31(33)24-44)45-34-15-7-11-26(2)40(34)41-27(3)12-8-16-35(41)45;1-25-19-20-30(28(4)21-25)33-23-39(44-35-16-8-6-14-32(35)41-27(3)12-10-18-37(41)44)38(22-29(33)24-42)43-34-15-7-5-13-31(34)40-26(2)11-9-17-36(40)43/h7-23H,1-6H3;5-23H,1-4H3. The normalized spacial score (nSPS) is 11.6. The summed E-state index contributed by atoms with van der Waals surface area (Å²) in [5.41, 5.74) is 30.8. The van der Waals surface area contributed by atoms with E-state index in [1.807, 2.05) is 0 Å². The molecule has 90 heavy (non-hydrogen) atoms. The molecule has 4 aromatic heterocycles. The molecule has 0 unspecified atom stereocenters. The molecule has 16 rings (SSSR count). The number of nitrogens with zero attached hydrogens (tertiary/aromatic N) is 6. The molecule has 12 aromatic carbocycles. The fraction of sp³-hybridized carbons (Fsp3) is 0.119. The summed E-state index contributed by atoms with van der Waals surface area (Å²) in [6.45, 7) is 21.7. The monoisotopic (exact) mass is 1160 g/mol. The number of aryl methyl sites for hydroxylation is 10. The summed E-state index contributed by atoms with van der Waals surface area (Å²) in [6.07, 6.45) is 0. The van der Waals surface area contributed by atoms with Crippen LogP contribution in [0.5, 0.6) is 0 Å². The van der Waals surface area contributed by atoms with Crippen LogP contribution in [0, 0.1) is 91.9 Å². The van der Waals surface area contributed by atoms with E-state index >= 15 is 0 Å². The smallest absolute Gasteiger partial charge is 0.0998 e. The van der Waals surface area contributed by atoms with Crippen molar-refractivity contribution in [3.8, 4) is 57.1 Å². The Hall–Kier alpha value is -11.2. The van der Waals surface area contributed by atoms with Crippen LogP contribution in [0.1, 0.15) is 66.8 Å². The first-order valence-electron chi connectivity index (χ1n) is 31.0. The van der Waals surface area contributed by atoms with E-state index in [0.717, 1.165) is 100 Å². The number of hydrogen-bond donors (Lipinski definition) is 0. The van der Waals surface area contributed by atoms with Gasteiger partial charge < -0.3 is 18.3 Å². The molecule has 432 valence electrons. The van der Waals surface area contributed by atoms with Gasteiger partial charge in [0.25, 0.3) is 0 Å².